The van der Waals surface area contributed by atoms with Crippen LogP contribution in [0.2, 0.25) is 0 Å². The highest BCUT2D eigenvalue weighted by Gasteiger charge is 2.54. The van der Waals surface area contributed by atoms with Crippen molar-refractivity contribution in [3.63, 3.8) is 0 Å². The van der Waals surface area contributed by atoms with Crippen LogP contribution in [0.1, 0.15) is 63.4 Å². The second-order valence-corrected chi connectivity index (χ2v) is 10.6. The number of nitrogens with one attached hydrogen (secondary N) is 1. The van der Waals surface area contributed by atoms with Gasteiger partial charge in [0.2, 0.25) is 5.91 Å². The maximum atomic E-state index is 11.7. The first kappa shape index (κ1) is 23.7. The number of aliphatic hydroxyl groups excluding tert-OH is 1. The number of benzene rings is 1. The molecular weight excluding hydrogens is 400 g/mol. The number of carbonyl (C=O) groups is 1. The lowest BCUT2D eigenvalue weighted by molar-refractivity contribution is -0.121. The summed E-state index contributed by atoms with van der Waals surface area (Å²) in [6, 6.07) is 11.0. The maximum absolute atomic E-state index is 11.7. The van der Waals surface area contributed by atoms with E-state index in [1.165, 1.54) is 24.8 Å². The minimum atomic E-state index is -0.524. The Labute approximate surface area is 193 Å². The Kier molecular flexibility index (Phi) is 7.25. The lowest BCUT2D eigenvalue weighted by atomic mass is 9.68. The first-order valence-electron chi connectivity index (χ1n) is 12.5. The third-order valence-electron chi connectivity index (χ3n) is 8.69. The van der Waals surface area contributed by atoms with Crippen molar-refractivity contribution in [3.05, 3.63) is 35.9 Å². The highest BCUT2D eigenvalue weighted by Crippen LogP contribution is 2.50. The summed E-state index contributed by atoms with van der Waals surface area (Å²) in [5.74, 6) is 0.804. The zero-order chi connectivity index (χ0) is 22.8. The molecule has 0 aromatic heterocycles. The van der Waals surface area contributed by atoms with E-state index in [1.807, 2.05) is 0 Å². The molecule has 1 atom stereocenters. The fourth-order valence-corrected chi connectivity index (χ4v) is 6.31. The van der Waals surface area contributed by atoms with Gasteiger partial charge in [-0.3, -0.25) is 19.5 Å². The molecule has 0 radical (unpaired) electrons. The summed E-state index contributed by atoms with van der Waals surface area (Å²) in [7, 11) is 6.12. The van der Waals surface area contributed by atoms with Crippen molar-refractivity contribution in [2.45, 2.75) is 75.2 Å². The molecule has 6 nitrogen and oxygen atoms in total. The van der Waals surface area contributed by atoms with Gasteiger partial charge in [-0.1, -0.05) is 36.8 Å². The molecule has 1 amide bonds. The van der Waals surface area contributed by atoms with Gasteiger partial charge in [0.05, 0.1) is 0 Å². The highest BCUT2D eigenvalue weighted by molar-refractivity contribution is 5.75. The Bertz CT molecular complexity index is 756. The van der Waals surface area contributed by atoms with Crippen LogP contribution in [0.5, 0.6) is 0 Å². The summed E-state index contributed by atoms with van der Waals surface area (Å²) in [6.07, 6.45) is 9.09. The quantitative estimate of drug-likeness (QED) is 0.648. The van der Waals surface area contributed by atoms with Crippen LogP contribution < -0.4 is 5.32 Å². The van der Waals surface area contributed by atoms with Crippen LogP contribution in [0.25, 0.3) is 0 Å². The molecule has 4 rings (SSSR count). The Morgan fingerprint density at radius 1 is 1.16 bits per heavy atom. The average Bonchev–Trinajstić information content (AvgIpc) is 3.02. The highest BCUT2D eigenvalue weighted by atomic mass is 16.3. The van der Waals surface area contributed by atoms with E-state index >= 15 is 0 Å². The van der Waals surface area contributed by atoms with E-state index in [9.17, 15) is 9.90 Å². The van der Waals surface area contributed by atoms with Crippen LogP contribution in [0.15, 0.2) is 30.3 Å². The number of hydrogen-bond acceptors (Lipinski definition) is 5. The van der Waals surface area contributed by atoms with E-state index in [0.29, 0.717) is 6.42 Å². The number of carbonyl (C=O) groups excluding carboxylic acids is 1. The van der Waals surface area contributed by atoms with E-state index in [4.69, 9.17) is 0 Å². The molecule has 2 N–H and O–H groups in total. The number of nitrogens with zero attached hydrogens (tertiary/aromatic N) is 3. The van der Waals surface area contributed by atoms with Crippen molar-refractivity contribution in [1.29, 1.82) is 0 Å². The summed E-state index contributed by atoms with van der Waals surface area (Å²) in [5.41, 5.74) is 1.51. The van der Waals surface area contributed by atoms with Crippen LogP contribution in [0.4, 0.5) is 0 Å². The van der Waals surface area contributed by atoms with Gasteiger partial charge in [0.15, 0.2) is 6.35 Å². The van der Waals surface area contributed by atoms with Crippen LogP contribution in [0, 0.1) is 5.92 Å². The van der Waals surface area contributed by atoms with E-state index < -0.39 is 6.35 Å². The Hall–Kier alpha value is -1.47. The molecule has 1 aromatic carbocycles. The molecular formula is C26H42N4O2. The van der Waals surface area contributed by atoms with Crippen molar-refractivity contribution in [3.8, 4) is 0 Å². The van der Waals surface area contributed by atoms with E-state index in [1.54, 1.807) is 7.05 Å². The number of rotatable bonds is 8. The molecule has 1 spiro atoms. The van der Waals surface area contributed by atoms with Gasteiger partial charge in [0.25, 0.3) is 0 Å². The van der Waals surface area contributed by atoms with Gasteiger partial charge in [-0.05, 0) is 70.5 Å². The number of amides is 1. The Morgan fingerprint density at radius 2 is 1.84 bits per heavy atom. The van der Waals surface area contributed by atoms with Gasteiger partial charge in [-0.2, -0.15) is 0 Å². The number of aliphatic hydroxyl groups is 1. The van der Waals surface area contributed by atoms with E-state index in [-0.39, 0.29) is 17.0 Å². The second-order valence-electron chi connectivity index (χ2n) is 10.6. The summed E-state index contributed by atoms with van der Waals surface area (Å²) in [4.78, 5) is 18.8. The monoisotopic (exact) mass is 442 g/mol. The van der Waals surface area contributed by atoms with Gasteiger partial charge < -0.3 is 10.4 Å². The minimum Gasteiger partial charge on any atom is -0.365 e. The fourth-order valence-electron chi connectivity index (χ4n) is 6.31. The van der Waals surface area contributed by atoms with Crippen molar-refractivity contribution >= 4 is 5.91 Å². The van der Waals surface area contributed by atoms with Gasteiger partial charge in [-0.25, -0.2) is 0 Å². The summed E-state index contributed by atoms with van der Waals surface area (Å²) < 4.78 is 0. The van der Waals surface area contributed by atoms with E-state index in [2.05, 4.69) is 64.4 Å². The van der Waals surface area contributed by atoms with Gasteiger partial charge >= 0.3 is 0 Å². The molecule has 178 valence electrons. The zero-order valence-corrected chi connectivity index (χ0v) is 20.2. The molecule has 1 aromatic rings. The molecule has 3 fully saturated rings. The second kappa shape index (κ2) is 9.80. The van der Waals surface area contributed by atoms with Crippen LogP contribution in [-0.2, 0) is 10.3 Å². The molecule has 0 unspecified atom stereocenters. The van der Waals surface area contributed by atoms with Crippen molar-refractivity contribution in [2.24, 2.45) is 5.92 Å². The molecule has 1 heterocycles. The standard InChI is InChI=1S/C26H42N4O2/c1-27-23(31)13-8-18-29-20-25(30(24(29)32)19-21-9-7-10-21)14-16-26(17-15-25,28(2)3)22-11-5-4-6-12-22/h4-6,11-12,21,24,32H,7-10,13-20H2,1-3H3,(H,27,31)/t24-,25?,26?/m1/s1. The normalized spacial score (nSPS) is 31.8. The summed E-state index contributed by atoms with van der Waals surface area (Å²) in [5, 5.41) is 14.1. The molecule has 1 aliphatic heterocycles. The maximum Gasteiger partial charge on any atom is 0.219 e. The van der Waals surface area contributed by atoms with E-state index in [0.717, 1.165) is 57.7 Å². The SMILES string of the molecule is CNC(=O)CCCN1CC2(CCC(c3ccccc3)(N(C)C)CC2)N(CC2CCC2)[C@@H]1O. The molecule has 2 saturated carbocycles. The topological polar surface area (TPSA) is 59.1 Å². The molecule has 2 aliphatic carbocycles. The van der Waals surface area contributed by atoms with Crippen molar-refractivity contribution in [1.82, 2.24) is 20.0 Å². The predicted octanol–water partition coefficient (Wildman–Crippen LogP) is 2.98. The molecule has 0 bridgehead atoms. The zero-order valence-electron chi connectivity index (χ0n) is 20.2. The molecule has 32 heavy (non-hydrogen) atoms. The predicted molar refractivity (Wildman–Crippen MR) is 128 cm³/mol. The van der Waals surface area contributed by atoms with Crippen molar-refractivity contribution in [2.75, 3.05) is 40.8 Å². The third kappa shape index (κ3) is 4.47. The Balaban J connectivity index is 1.51. The summed E-state index contributed by atoms with van der Waals surface area (Å²) >= 11 is 0. The Morgan fingerprint density at radius 3 is 2.41 bits per heavy atom. The molecule has 3 aliphatic rings. The van der Waals surface area contributed by atoms with Crippen molar-refractivity contribution < 1.29 is 9.90 Å². The van der Waals surface area contributed by atoms with Gasteiger partial charge in [-0.15, -0.1) is 0 Å². The lowest BCUT2D eigenvalue weighted by Crippen LogP contribution is -2.57. The lowest BCUT2D eigenvalue weighted by Gasteiger charge is -2.52. The van der Waals surface area contributed by atoms with Crippen LogP contribution >= 0.6 is 0 Å². The largest absolute Gasteiger partial charge is 0.365 e. The smallest absolute Gasteiger partial charge is 0.219 e. The minimum absolute atomic E-state index is 0.0380. The van der Waals surface area contributed by atoms with Gasteiger partial charge in [0.1, 0.15) is 0 Å². The van der Waals surface area contributed by atoms with Crippen LogP contribution in [-0.4, -0.2) is 78.4 Å². The summed E-state index contributed by atoms with van der Waals surface area (Å²) in [6.45, 7) is 2.69. The first-order valence-corrected chi connectivity index (χ1v) is 12.5. The van der Waals surface area contributed by atoms with Gasteiger partial charge in [0, 0.05) is 44.2 Å². The fraction of sp³-hybridized carbons (Fsp3) is 0.731. The van der Waals surface area contributed by atoms with Crippen LogP contribution in [0.3, 0.4) is 0 Å². The average molecular weight is 443 g/mol. The third-order valence-corrected chi connectivity index (χ3v) is 8.69. The molecule has 1 saturated heterocycles. The first-order chi connectivity index (χ1) is 15.4. The molecule has 6 heteroatoms. The number of hydrogen-bond donors (Lipinski definition) is 2.